The molecule has 0 radical (unpaired) electrons. The quantitative estimate of drug-likeness (QED) is 0.669. The number of nitrogens with one attached hydrogen (secondary N) is 1. The summed E-state index contributed by atoms with van der Waals surface area (Å²) in [6.45, 7) is 5.81. The minimum atomic E-state index is -0.251. The second-order valence-corrected chi connectivity index (χ2v) is 5.19. The van der Waals surface area contributed by atoms with E-state index in [1.54, 1.807) is 24.3 Å². The fourth-order valence-electron chi connectivity index (χ4n) is 2.29. The van der Waals surface area contributed by atoms with Crippen LogP contribution in [0.5, 0.6) is 5.75 Å². The molecule has 4 heteroatoms. The zero-order valence-electron chi connectivity index (χ0n) is 13.1. The van der Waals surface area contributed by atoms with Crippen LogP contribution in [0.1, 0.15) is 40.4 Å². The number of hydrazone groups is 1. The van der Waals surface area contributed by atoms with Crippen molar-refractivity contribution >= 4 is 11.6 Å². The average Bonchev–Trinajstić information content (AvgIpc) is 2.49. The molecule has 2 aromatic carbocycles. The molecule has 0 fully saturated rings. The highest BCUT2D eigenvalue weighted by atomic mass is 16.3. The third-order valence-corrected chi connectivity index (χ3v) is 3.47. The molecule has 0 saturated carbocycles. The molecule has 22 heavy (non-hydrogen) atoms. The number of benzene rings is 2. The van der Waals surface area contributed by atoms with Gasteiger partial charge in [0.25, 0.3) is 5.91 Å². The van der Waals surface area contributed by atoms with E-state index in [1.807, 2.05) is 39.0 Å². The first kappa shape index (κ1) is 15.8. The monoisotopic (exact) mass is 296 g/mol. The number of amides is 1. The first-order valence-electron chi connectivity index (χ1n) is 7.25. The molecule has 0 aliphatic carbocycles. The number of carbonyl (C=O) groups is 1. The lowest BCUT2D eigenvalue weighted by Gasteiger charge is -2.08. The number of phenols is 1. The number of carbonyl (C=O) groups excluding carboxylic acids is 1. The Balaban J connectivity index is 2.22. The molecular formula is C18H20N2O2. The van der Waals surface area contributed by atoms with Crippen molar-refractivity contribution in [2.75, 3.05) is 0 Å². The molecule has 0 aliphatic rings. The number of nitrogens with zero attached hydrogens (tertiary/aromatic N) is 1. The van der Waals surface area contributed by atoms with Gasteiger partial charge in [-0.1, -0.05) is 36.8 Å². The second-order valence-electron chi connectivity index (χ2n) is 5.19. The normalized spacial score (nSPS) is 11.3. The summed E-state index contributed by atoms with van der Waals surface area (Å²) < 4.78 is 0. The van der Waals surface area contributed by atoms with Crippen molar-refractivity contribution in [3.05, 3.63) is 64.7 Å². The summed E-state index contributed by atoms with van der Waals surface area (Å²) in [6.07, 6.45) is 0.602. The van der Waals surface area contributed by atoms with Gasteiger partial charge in [-0.15, -0.1) is 0 Å². The number of hydrogen-bond acceptors (Lipinski definition) is 3. The highest BCUT2D eigenvalue weighted by Gasteiger charge is 2.10. The van der Waals surface area contributed by atoms with E-state index in [1.165, 1.54) is 0 Å². The van der Waals surface area contributed by atoms with Gasteiger partial charge in [0, 0.05) is 11.1 Å². The van der Waals surface area contributed by atoms with Crippen LogP contribution in [-0.2, 0) is 0 Å². The van der Waals surface area contributed by atoms with E-state index in [-0.39, 0.29) is 11.7 Å². The number of rotatable bonds is 4. The van der Waals surface area contributed by atoms with Crippen LogP contribution in [-0.4, -0.2) is 16.7 Å². The third-order valence-electron chi connectivity index (χ3n) is 3.47. The van der Waals surface area contributed by atoms with Crippen molar-refractivity contribution in [2.24, 2.45) is 5.10 Å². The van der Waals surface area contributed by atoms with Gasteiger partial charge < -0.3 is 5.11 Å². The number of aromatic hydroxyl groups is 1. The fraction of sp³-hybridized carbons (Fsp3) is 0.222. The molecule has 2 N–H and O–H groups in total. The van der Waals surface area contributed by atoms with Crippen molar-refractivity contribution < 1.29 is 9.90 Å². The Bertz CT molecular complexity index is 721. The lowest BCUT2D eigenvalue weighted by Crippen LogP contribution is -2.21. The summed E-state index contributed by atoms with van der Waals surface area (Å²) >= 11 is 0. The van der Waals surface area contributed by atoms with Crippen molar-refractivity contribution in [3.63, 3.8) is 0 Å². The molecule has 0 aromatic heterocycles. The Labute approximate surface area is 130 Å². The molecule has 0 atom stereocenters. The van der Waals surface area contributed by atoms with Crippen LogP contribution in [0.4, 0.5) is 0 Å². The minimum absolute atomic E-state index is 0.156. The van der Waals surface area contributed by atoms with E-state index in [0.717, 1.165) is 11.1 Å². The predicted octanol–water partition coefficient (Wildman–Crippen LogP) is 3.55. The van der Waals surface area contributed by atoms with Gasteiger partial charge in [0.2, 0.25) is 0 Å². The Morgan fingerprint density at radius 2 is 1.86 bits per heavy atom. The molecule has 0 aliphatic heterocycles. The van der Waals surface area contributed by atoms with Crippen LogP contribution < -0.4 is 5.43 Å². The maximum absolute atomic E-state index is 12.2. The molecule has 1 amide bonds. The van der Waals surface area contributed by atoms with E-state index >= 15 is 0 Å². The average molecular weight is 296 g/mol. The molecule has 2 aromatic rings. The molecule has 0 spiro atoms. The highest BCUT2D eigenvalue weighted by molar-refractivity contribution is 6.04. The summed E-state index contributed by atoms with van der Waals surface area (Å²) in [7, 11) is 0. The number of para-hydroxylation sites is 1. The van der Waals surface area contributed by atoms with Gasteiger partial charge in [-0.25, -0.2) is 5.43 Å². The van der Waals surface area contributed by atoms with E-state index < -0.39 is 0 Å². The molecule has 114 valence electrons. The van der Waals surface area contributed by atoms with Crippen molar-refractivity contribution in [3.8, 4) is 5.75 Å². The highest BCUT2D eigenvalue weighted by Crippen LogP contribution is 2.18. The topological polar surface area (TPSA) is 61.7 Å². The van der Waals surface area contributed by atoms with Gasteiger partial charge in [-0.3, -0.25) is 4.79 Å². The van der Waals surface area contributed by atoms with Crippen molar-refractivity contribution in [2.45, 2.75) is 27.2 Å². The predicted molar refractivity (Wildman–Crippen MR) is 88.3 cm³/mol. The van der Waals surface area contributed by atoms with Crippen molar-refractivity contribution in [1.82, 2.24) is 5.43 Å². The first-order valence-corrected chi connectivity index (χ1v) is 7.25. The van der Waals surface area contributed by atoms with E-state index in [4.69, 9.17) is 0 Å². The lowest BCUT2D eigenvalue weighted by molar-refractivity contribution is 0.0954. The standard InChI is InChI=1S/C18H20N2O2/c1-4-16(15-7-5-6-8-17(15)21)19-20-18(22)14-10-9-12(2)11-13(14)3/h5-11,21H,4H2,1-3H3,(H,20,22). The van der Waals surface area contributed by atoms with Crippen LogP contribution >= 0.6 is 0 Å². The largest absolute Gasteiger partial charge is 0.507 e. The molecule has 0 bridgehead atoms. The van der Waals surface area contributed by atoms with E-state index in [2.05, 4.69) is 10.5 Å². The Morgan fingerprint density at radius 1 is 1.14 bits per heavy atom. The van der Waals surface area contributed by atoms with Crippen LogP contribution in [0.25, 0.3) is 0 Å². The SMILES string of the molecule is CCC(=NNC(=O)c1ccc(C)cc1C)c1ccccc1O. The van der Waals surface area contributed by atoms with Crippen LogP contribution in [0.15, 0.2) is 47.6 Å². The maximum atomic E-state index is 12.2. The van der Waals surface area contributed by atoms with Crippen LogP contribution in [0.2, 0.25) is 0 Å². The van der Waals surface area contributed by atoms with Gasteiger partial charge in [0.05, 0.1) is 5.71 Å². The number of phenolic OH excluding ortho intramolecular Hbond substituents is 1. The maximum Gasteiger partial charge on any atom is 0.271 e. The fourth-order valence-corrected chi connectivity index (χ4v) is 2.29. The lowest BCUT2D eigenvalue weighted by atomic mass is 10.1. The molecule has 0 heterocycles. The van der Waals surface area contributed by atoms with Gasteiger partial charge >= 0.3 is 0 Å². The summed E-state index contributed by atoms with van der Waals surface area (Å²) in [6, 6.07) is 12.6. The summed E-state index contributed by atoms with van der Waals surface area (Å²) in [5.74, 6) is -0.0947. The van der Waals surface area contributed by atoms with E-state index in [0.29, 0.717) is 23.3 Å². The smallest absolute Gasteiger partial charge is 0.271 e. The minimum Gasteiger partial charge on any atom is -0.507 e. The first-order chi connectivity index (χ1) is 10.5. The van der Waals surface area contributed by atoms with Gasteiger partial charge in [0.1, 0.15) is 5.75 Å². The molecular weight excluding hydrogens is 276 g/mol. The Kier molecular flexibility index (Phi) is 4.94. The summed E-state index contributed by atoms with van der Waals surface area (Å²) in [4.78, 5) is 12.2. The molecule has 0 unspecified atom stereocenters. The third kappa shape index (κ3) is 3.52. The second kappa shape index (κ2) is 6.89. The van der Waals surface area contributed by atoms with Gasteiger partial charge in [-0.05, 0) is 44.0 Å². The van der Waals surface area contributed by atoms with Crippen LogP contribution in [0, 0.1) is 13.8 Å². The summed E-state index contributed by atoms with van der Waals surface area (Å²) in [5.41, 5.74) is 6.46. The summed E-state index contributed by atoms with van der Waals surface area (Å²) in [5, 5.41) is 14.0. The van der Waals surface area contributed by atoms with Crippen molar-refractivity contribution in [1.29, 1.82) is 0 Å². The molecule has 4 nitrogen and oxygen atoms in total. The van der Waals surface area contributed by atoms with Gasteiger partial charge in [-0.2, -0.15) is 5.10 Å². The zero-order chi connectivity index (χ0) is 16.1. The number of hydrogen-bond donors (Lipinski definition) is 2. The Morgan fingerprint density at radius 3 is 2.50 bits per heavy atom. The molecule has 0 saturated heterocycles. The van der Waals surface area contributed by atoms with Gasteiger partial charge in [0.15, 0.2) is 0 Å². The van der Waals surface area contributed by atoms with Crippen LogP contribution in [0.3, 0.4) is 0 Å². The number of aryl methyl sites for hydroxylation is 2. The molecule has 2 rings (SSSR count). The Hall–Kier alpha value is -2.62. The zero-order valence-corrected chi connectivity index (χ0v) is 13.1. The van der Waals surface area contributed by atoms with E-state index in [9.17, 15) is 9.90 Å².